The fourth-order valence-electron chi connectivity index (χ4n) is 2.27. The molecule has 5 heteroatoms. The molecule has 0 aromatic rings. The molecule has 0 aromatic heterocycles. The highest BCUT2D eigenvalue weighted by molar-refractivity contribution is 6.11. The zero-order chi connectivity index (χ0) is 10.9. The lowest BCUT2D eigenvalue weighted by Gasteiger charge is -2.34. The summed E-state index contributed by atoms with van der Waals surface area (Å²) in [6.07, 6.45) is -1.27. The molecule has 1 rings (SSSR count). The average molecular weight is 202 g/mol. The second-order valence-electron chi connectivity index (χ2n) is 3.95. The summed E-state index contributed by atoms with van der Waals surface area (Å²) < 4.78 is 10.8. The molecule has 2 N–H and O–H groups in total. The number of rotatable bonds is 3. The summed E-state index contributed by atoms with van der Waals surface area (Å²) in [6.45, 7) is 3.53. The van der Waals surface area contributed by atoms with Crippen LogP contribution in [0.1, 0.15) is 20.3 Å². The summed E-state index contributed by atoms with van der Waals surface area (Å²) in [6, 6.07) is -0.190. The lowest BCUT2D eigenvalue weighted by atomic mass is 9.85. The molecule has 1 unspecified atom stereocenters. The van der Waals surface area contributed by atoms with Crippen LogP contribution in [0.5, 0.6) is 0 Å². The van der Waals surface area contributed by atoms with Gasteiger partial charge in [-0.1, -0.05) is 6.92 Å². The largest absolute Gasteiger partial charge is 0.390 e. The number of aliphatic hydroxyl groups is 2. The van der Waals surface area contributed by atoms with Crippen LogP contribution in [-0.4, -0.2) is 55.1 Å². The molecule has 0 bridgehead atoms. The van der Waals surface area contributed by atoms with Crippen LogP contribution in [0.3, 0.4) is 0 Å². The van der Waals surface area contributed by atoms with Gasteiger partial charge in [0.15, 0.2) is 0 Å². The summed E-state index contributed by atoms with van der Waals surface area (Å²) in [5.74, 6) is 0. The van der Waals surface area contributed by atoms with Gasteiger partial charge in [0.2, 0.25) is 0 Å². The normalized spacial score (nSPS) is 45.4. The summed E-state index contributed by atoms with van der Waals surface area (Å²) >= 11 is 0. The van der Waals surface area contributed by atoms with Crippen LogP contribution < -0.4 is 0 Å². The van der Waals surface area contributed by atoms with Crippen molar-refractivity contribution in [1.82, 2.24) is 0 Å². The molecule has 0 aromatic carbocycles. The van der Waals surface area contributed by atoms with Gasteiger partial charge in [-0.25, -0.2) is 0 Å². The van der Waals surface area contributed by atoms with E-state index in [1.165, 1.54) is 0 Å². The zero-order valence-electron chi connectivity index (χ0n) is 9.23. The van der Waals surface area contributed by atoms with E-state index in [1.54, 1.807) is 14.0 Å². The van der Waals surface area contributed by atoms with E-state index >= 15 is 0 Å². The SMILES string of the molecule is B[C@@H]1O[C@](CC)(C(C)O)[C@@H](O)[C@H]1OC. The number of aliphatic hydroxyl groups excluding tert-OH is 2. The molecule has 0 radical (unpaired) electrons. The molecule has 5 atom stereocenters. The molecule has 0 spiro atoms. The van der Waals surface area contributed by atoms with E-state index in [0.717, 1.165) is 0 Å². The maximum absolute atomic E-state index is 10.0. The van der Waals surface area contributed by atoms with E-state index in [4.69, 9.17) is 9.47 Å². The predicted octanol–water partition coefficient (Wildman–Crippen LogP) is -1.12. The molecule has 14 heavy (non-hydrogen) atoms. The molecule has 82 valence electrons. The van der Waals surface area contributed by atoms with Crippen LogP contribution in [0, 0.1) is 0 Å². The number of hydrogen-bond donors (Lipinski definition) is 2. The molecule has 1 fully saturated rings. The van der Waals surface area contributed by atoms with Crippen molar-refractivity contribution in [3.63, 3.8) is 0 Å². The van der Waals surface area contributed by atoms with Crippen LogP contribution in [-0.2, 0) is 9.47 Å². The first-order valence-electron chi connectivity index (χ1n) is 5.06. The second kappa shape index (κ2) is 4.19. The summed E-state index contributed by atoms with van der Waals surface area (Å²) in [5, 5.41) is 19.7. The Labute approximate surface area is 85.6 Å². The maximum Gasteiger partial charge on any atom is 0.142 e. The van der Waals surface area contributed by atoms with Gasteiger partial charge >= 0.3 is 0 Å². The van der Waals surface area contributed by atoms with Gasteiger partial charge < -0.3 is 19.7 Å². The zero-order valence-corrected chi connectivity index (χ0v) is 9.23. The number of methoxy groups -OCH3 is 1. The van der Waals surface area contributed by atoms with Crippen LogP contribution in [0.15, 0.2) is 0 Å². The third kappa shape index (κ3) is 1.58. The smallest absolute Gasteiger partial charge is 0.142 e. The first kappa shape index (κ1) is 12.0. The molecule has 0 amide bonds. The van der Waals surface area contributed by atoms with E-state index in [0.29, 0.717) is 6.42 Å². The minimum Gasteiger partial charge on any atom is -0.390 e. The Balaban J connectivity index is 2.91. The fourth-order valence-corrected chi connectivity index (χ4v) is 2.27. The van der Waals surface area contributed by atoms with Gasteiger partial charge in [0.05, 0.1) is 12.1 Å². The van der Waals surface area contributed by atoms with Crippen molar-refractivity contribution in [1.29, 1.82) is 0 Å². The van der Waals surface area contributed by atoms with E-state index < -0.39 is 17.8 Å². The van der Waals surface area contributed by atoms with Crippen LogP contribution >= 0.6 is 0 Å². The van der Waals surface area contributed by atoms with Crippen molar-refractivity contribution in [2.24, 2.45) is 0 Å². The fraction of sp³-hybridized carbons (Fsp3) is 1.00. The second-order valence-corrected chi connectivity index (χ2v) is 3.95. The van der Waals surface area contributed by atoms with Gasteiger partial charge in [-0.15, -0.1) is 0 Å². The average Bonchev–Trinajstić information content (AvgIpc) is 2.38. The third-order valence-electron chi connectivity index (χ3n) is 3.21. The van der Waals surface area contributed by atoms with Crippen molar-refractivity contribution in [2.75, 3.05) is 7.11 Å². The molecule has 0 saturated carbocycles. The molecule has 1 aliphatic rings. The van der Waals surface area contributed by atoms with Crippen molar-refractivity contribution < 1.29 is 19.7 Å². The summed E-state index contributed by atoms with van der Waals surface area (Å²) in [4.78, 5) is 0. The van der Waals surface area contributed by atoms with E-state index in [2.05, 4.69) is 0 Å². The molecule has 4 nitrogen and oxygen atoms in total. The Morgan fingerprint density at radius 1 is 1.64 bits per heavy atom. The van der Waals surface area contributed by atoms with Crippen LogP contribution in [0.25, 0.3) is 0 Å². The summed E-state index contributed by atoms with van der Waals surface area (Å²) in [7, 11) is 3.39. The van der Waals surface area contributed by atoms with Gasteiger partial charge in [-0.05, 0) is 13.3 Å². The highest BCUT2D eigenvalue weighted by Gasteiger charge is 2.54. The van der Waals surface area contributed by atoms with Gasteiger partial charge in [0, 0.05) is 7.11 Å². The van der Waals surface area contributed by atoms with E-state index in [1.807, 2.05) is 14.8 Å². The Hall–Kier alpha value is -0.0951. The monoisotopic (exact) mass is 202 g/mol. The standard InChI is InChI=1S/C9H19BO4/c1-4-9(5(2)11)7(12)6(13-3)8(10)14-9/h5-8,11-12H,4,10H2,1-3H3/t5?,6-,7+,8-,9-/m1/s1. The first-order valence-corrected chi connectivity index (χ1v) is 5.06. The number of hydrogen-bond acceptors (Lipinski definition) is 4. The highest BCUT2D eigenvalue weighted by Crippen LogP contribution is 2.36. The van der Waals surface area contributed by atoms with Crippen molar-refractivity contribution in [3.8, 4) is 0 Å². The third-order valence-corrected chi connectivity index (χ3v) is 3.21. The highest BCUT2D eigenvalue weighted by atomic mass is 16.6. The molecule has 1 heterocycles. The molecular formula is C9H19BO4. The van der Waals surface area contributed by atoms with Crippen molar-refractivity contribution in [3.05, 3.63) is 0 Å². The van der Waals surface area contributed by atoms with Crippen molar-refractivity contribution in [2.45, 2.75) is 50.2 Å². The van der Waals surface area contributed by atoms with E-state index in [9.17, 15) is 10.2 Å². The first-order chi connectivity index (χ1) is 6.49. The van der Waals surface area contributed by atoms with Gasteiger partial charge in [-0.3, -0.25) is 0 Å². The van der Waals surface area contributed by atoms with Gasteiger partial charge in [0.1, 0.15) is 25.7 Å². The Kier molecular flexibility index (Phi) is 3.58. The van der Waals surface area contributed by atoms with Crippen molar-refractivity contribution >= 4 is 7.85 Å². The topological polar surface area (TPSA) is 58.9 Å². The Morgan fingerprint density at radius 3 is 2.43 bits per heavy atom. The lowest BCUT2D eigenvalue weighted by molar-refractivity contribution is -0.137. The molecule has 1 aliphatic heterocycles. The molecule has 1 saturated heterocycles. The number of ether oxygens (including phenoxy) is 2. The minimum absolute atomic E-state index is 0.190. The Bertz CT molecular complexity index is 199. The lowest BCUT2D eigenvalue weighted by Crippen LogP contribution is -2.51. The quantitative estimate of drug-likeness (QED) is 0.569. The minimum atomic E-state index is -0.875. The van der Waals surface area contributed by atoms with E-state index in [-0.39, 0.29) is 12.1 Å². The molecular weight excluding hydrogens is 183 g/mol. The molecule has 0 aliphatic carbocycles. The Morgan fingerprint density at radius 2 is 2.21 bits per heavy atom. The van der Waals surface area contributed by atoms with Crippen LogP contribution in [0.4, 0.5) is 0 Å². The summed E-state index contributed by atoms with van der Waals surface area (Å²) in [5.41, 5.74) is -0.875. The predicted molar refractivity (Wildman–Crippen MR) is 54.9 cm³/mol. The van der Waals surface area contributed by atoms with Gasteiger partial charge in [0.25, 0.3) is 0 Å². The van der Waals surface area contributed by atoms with Gasteiger partial charge in [-0.2, -0.15) is 0 Å². The van der Waals surface area contributed by atoms with Crippen LogP contribution in [0.2, 0.25) is 0 Å². The maximum atomic E-state index is 10.0.